The second-order valence-electron chi connectivity index (χ2n) is 2.15. The molecule has 0 spiro atoms. The molecule has 0 saturated heterocycles. The average molecular weight is 187 g/mol. The molecule has 0 aliphatic rings. The summed E-state index contributed by atoms with van der Waals surface area (Å²) in [5.74, 6) is -0.645. The Morgan fingerprint density at radius 1 is 1.67 bits per heavy atom. The van der Waals surface area contributed by atoms with Gasteiger partial charge in [-0.2, -0.15) is 0 Å². The van der Waals surface area contributed by atoms with Gasteiger partial charge in [-0.3, -0.25) is 0 Å². The SMILES string of the molecule is CCc1nc(Cl)cc(C(=O)O)n1. The van der Waals surface area contributed by atoms with Gasteiger partial charge in [0.05, 0.1) is 0 Å². The van der Waals surface area contributed by atoms with E-state index in [1.807, 2.05) is 6.92 Å². The van der Waals surface area contributed by atoms with Crippen molar-refractivity contribution in [1.29, 1.82) is 0 Å². The Morgan fingerprint density at radius 3 is 2.83 bits per heavy atom. The maximum Gasteiger partial charge on any atom is 0.354 e. The summed E-state index contributed by atoms with van der Waals surface area (Å²) < 4.78 is 0. The monoisotopic (exact) mass is 186 g/mol. The molecule has 1 aromatic rings. The van der Waals surface area contributed by atoms with Crippen molar-refractivity contribution in [3.8, 4) is 0 Å². The Bertz CT molecular complexity index is 314. The zero-order valence-corrected chi connectivity index (χ0v) is 7.17. The second-order valence-corrected chi connectivity index (χ2v) is 2.54. The smallest absolute Gasteiger partial charge is 0.354 e. The quantitative estimate of drug-likeness (QED) is 0.709. The lowest BCUT2D eigenvalue weighted by Gasteiger charge is -1.98. The van der Waals surface area contributed by atoms with Crippen LogP contribution in [0.2, 0.25) is 5.15 Å². The number of carboxylic acids is 1. The highest BCUT2D eigenvalue weighted by Gasteiger charge is 2.07. The zero-order chi connectivity index (χ0) is 9.14. The molecule has 12 heavy (non-hydrogen) atoms. The highest BCUT2D eigenvalue weighted by molar-refractivity contribution is 6.29. The minimum absolute atomic E-state index is 0.0631. The third-order valence-electron chi connectivity index (χ3n) is 1.28. The Kier molecular flexibility index (Phi) is 2.60. The topological polar surface area (TPSA) is 63.1 Å². The molecule has 4 nitrogen and oxygen atoms in total. The first-order valence-corrected chi connectivity index (χ1v) is 3.78. The summed E-state index contributed by atoms with van der Waals surface area (Å²) in [7, 11) is 0. The first-order valence-electron chi connectivity index (χ1n) is 3.40. The van der Waals surface area contributed by atoms with E-state index in [9.17, 15) is 4.79 Å². The fourth-order valence-corrected chi connectivity index (χ4v) is 0.933. The van der Waals surface area contributed by atoms with Crippen LogP contribution < -0.4 is 0 Å². The van der Waals surface area contributed by atoms with E-state index in [1.54, 1.807) is 0 Å². The summed E-state index contributed by atoms with van der Waals surface area (Å²) in [5, 5.41) is 8.75. The van der Waals surface area contributed by atoms with Crippen molar-refractivity contribution in [1.82, 2.24) is 9.97 Å². The number of hydrogen-bond acceptors (Lipinski definition) is 3. The van der Waals surface area contributed by atoms with E-state index in [4.69, 9.17) is 16.7 Å². The van der Waals surface area contributed by atoms with E-state index in [2.05, 4.69) is 9.97 Å². The van der Waals surface area contributed by atoms with Gasteiger partial charge in [0.25, 0.3) is 0 Å². The van der Waals surface area contributed by atoms with Gasteiger partial charge in [-0.25, -0.2) is 14.8 Å². The molecule has 1 rings (SSSR count). The molecule has 0 fully saturated rings. The van der Waals surface area contributed by atoms with Gasteiger partial charge < -0.3 is 5.11 Å². The Balaban J connectivity index is 3.15. The first-order chi connectivity index (χ1) is 5.63. The molecule has 5 heteroatoms. The van der Waals surface area contributed by atoms with Crippen LogP contribution in [0.5, 0.6) is 0 Å². The molecule has 0 atom stereocenters. The molecule has 64 valence electrons. The lowest BCUT2D eigenvalue weighted by molar-refractivity contribution is 0.0690. The summed E-state index contributed by atoms with van der Waals surface area (Å²) in [6.45, 7) is 1.83. The van der Waals surface area contributed by atoms with Gasteiger partial charge in [0, 0.05) is 12.5 Å². The van der Waals surface area contributed by atoms with E-state index < -0.39 is 5.97 Å². The van der Waals surface area contributed by atoms with Crippen LogP contribution >= 0.6 is 11.6 Å². The first kappa shape index (κ1) is 8.93. The van der Waals surface area contributed by atoms with Crippen molar-refractivity contribution < 1.29 is 9.90 Å². The van der Waals surface area contributed by atoms with E-state index >= 15 is 0 Å². The Labute approximate surface area is 74.2 Å². The Morgan fingerprint density at radius 2 is 2.33 bits per heavy atom. The van der Waals surface area contributed by atoms with E-state index in [0.29, 0.717) is 12.2 Å². The lowest BCUT2D eigenvalue weighted by atomic mass is 10.4. The predicted octanol–water partition coefficient (Wildman–Crippen LogP) is 1.39. The molecule has 0 aromatic carbocycles. The molecule has 0 bridgehead atoms. The number of hydrogen-bond donors (Lipinski definition) is 1. The van der Waals surface area contributed by atoms with Crippen LogP contribution in [0, 0.1) is 0 Å². The fraction of sp³-hybridized carbons (Fsp3) is 0.286. The molecule has 0 amide bonds. The van der Waals surface area contributed by atoms with E-state index in [-0.39, 0.29) is 10.8 Å². The molecule has 1 N–H and O–H groups in total. The van der Waals surface area contributed by atoms with Crippen LogP contribution in [0.15, 0.2) is 6.07 Å². The summed E-state index contributed by atoms with van der Waals surface area (Å²) in [4.78, 5) is 18.1. The summed E-state index contributed by atoms with van der Waals surface area (Å²) in [6.07, 6.45) is 0.570. The normalized spacial score (nSPS) is 9.83. The number of aryl methyl sites for hydroxylation is 1. The maximum absolute atomic E-state index is 10.5. The molecule has 1 aromatic heterocycles. The molecule has 0 saturated carbocycles. The van der Waals surface area contributed by atoms with Gasteiger partial charge in [0.2, 0.25) is 0 Å². The van der Waals surface area contributed by atoms with E-state index in [1.165, 1.54) is 6.07 Å². The van der Waals surface area contributed by atoms with Crippen molar-refractivity contribution >= 4 is 17.6 Å². The number of nitrogens with zero attached hydrogens (tertiary/aromatic N) is 2. The number of halogens is 1. The Hall–Kier alpha value is -1.16. The third kappa shape index (κ3) is 1.92. The average Bonchev–Trinajstić information content (AvgIpc) is 2.03. The number of carboxylic acid groups (broad SMARTS) is 1. The van der Waals surface area contributed by atoms with Crippen molar-refractivity contribution in [2.24, 2.45) is 0 Å². The molecule has 0 unspecified atom stereocenters. The number of aromatic nitrogens is 2. The van der Waals surface area contributed by atoms with Crippen LogP contribution in [0.1, 0.15) is 23.2 Å². The summed E-state index contributed by atoms with van der Waals surface area (Å²) in [6, 6.07) is 1.23. The second kappa shape index (κ2) is 3.49. The standard InChI is InChI=1S/C7H7ClN2O2/c1-2-6-9-4(7(11)12)3-5(8)10-6/h3H,2H2,1H3,(H,11,12). The minimum Gasteiger partial charge on any atom is -0.477 e. The van der Waals surface area contributed by atoms with Crippen LogP contribution in [0.3, 0.4) is 0 Å². The zero-order valence-electron chi connectivity index (χ0n) is 6.41. The van der Waals surface area contributed by atoms with E-state index in [0.717, 1.165) is 0 Å². The summed E-state index contributed by atoms with van der Waals surface area (Å²) >= 11 is 5.56. The molecule has 1 heterocycles. The van der Waals surface area contributed by atoms with Gasteiger partial charge >= 0.3 is 5.97 Å². The predicted molar refractivity (Wildman–Crippen MR) is 43.4 cm³/mol. The van der Waals surface area contributed by atoms with Crippen molar-refractivity contribution in [3.63, 3.8) is 0 Å². The molecule has 0 aliphatic heterocycles. The molecular formula is C7H7ClN2O2. The van der Waals surface area contributed by atoms with Crippen molar-refractivity contribution in [2.45, 2.75) is 13.3 Å². The highest BCUT2D eigenvalue weighted by Crippen LogP contribution is 2.07. The lowest BCUT2D eigenvalue weighted by Crippen LogP contribution is -2.04. The van der Waals surface area contributed by atoms with Crippen LogP contribution in [-0.2, 0) is 6.42 Å². The highest BCUT2D eigenvalue weighted by atomic mass is 35.5. The van der Waals surface area contributed by atoms with Gasteiger partial charge in [-0.15, -0.1) is 0 Å². The van der Waals surface area contributed by atoms with Gasteiger partial charge in [-0.1, -0.05) is 18.5 Å². The number of carbonyl (C=O) groups is 1. The van der Waals surface area contributed by atoms with Gasteiger partial charge in [0.15, 0.2) is 5.69 Å². The molecule has 0 aliphatic carbocycles. The van der Waals surface area contributed by atoms with Gasteiger partial charge in [0.1, 0.15) is 11.0 Å². The minimum atomic E-state index is -1.09. The fourth-order valence-electron chi connectivity index (χ4n) is 0.732. The van der Waals surface area contributed by atoms with Gasteiger partial charge in [-0.05, 0) is 0 Å². The number of aromatic carboxylic acids is 1. The van der Waals surface area contributed by atoms with Crippen molar-refractivity contribution in [3.05, 3.63) is 22.7 Å². The molecule has 0 radical (unpaired) electrons. The molecular weight excluding hydrogens is 180 g/mol. The van der Waals surface area contributed by atoms with Crippen LogP contribution in [0.25, 0.3) is 0 Å². The largest absolute Gasteiger partial charge is 0.477 e. The van der Waals surface area contributed by atoms with Crippen LogP contribution in [0.4, 0.5) is 0 Å². The summed E-state index contributed by atoms with van der Waals surface area (Å²) in [5.41, 5.74) is -0.0631. The third-order valence-corrected chi connectivity index (χ3v) is 1.47. The maximum atomic E-state index is 10.5. The van der Waals surface area contributed by atoms with Crippen LogP contribution in [-0.4, -0.2) is 21.0 Å². The van der Waals surface area contributed by atoms with Crippen molar-refractivity contribution in [2.75, 3.05) is 0 Å². The number of rotatable bonds is 2.